The van der Waals surface area contributed by atoms with Crippen molar-refractivity contribution in [3.63, 3.8) is 0 Å². The van der Waals surface area contributed by atoms with Gasteiger partial charge >= 0.3 is 0 Å². The van der Waals surface area contributed by atoms with Gasteiger partial charge in [-0.25, -0.2) is 0 Å². The Labute approximate surface area is 252 Å². The lowest BCUT2D eigenvalue weighted by atomic mass is 9.78. The average molecular weight is 601 g/mol. The molecule has 40 heavy (non-hydrogen) atoms. The molecule has 2 saturated heterocycles. The maximum atomic E-state index is 13.9. The first-order valence-corrected chi connectivity index (χ1v) is 15.4. The van der Waals surface area contributed by atoms with Crippen LogP contribution >= 0.6 is 24.8 Å². The SMILES string of the molecule is CCCCN1C(=O)[C@@H]([C@H](O)C2CCCCC2)NC(=O)C12CCN(Cc1c(C)nn(C3CCCC3)c1C)CC2.Cl.Cl. The van der Waals surface area contributed by atoms with Gasteiger partial charge in [0.1, 0.15) is 11.6 Å². The third-order valence-corrected chi connectivity index (χ3v) is 10.2. The van der Waals surface area contributed by atoms with E-state index < -0.39 is 17.7 Å². The predicted molar refractivity (Wildman–Crippen MR) is 162 cm³/mol. The first-order chi connectivity index (χ1) is 18.4. The van der Waals surface area contributed by atoms with Crippen LogP contribution in [-0.4, -0.2) is 73.8 Å². The molecule has 0 bridgehead atoms. The second-order valence-corrected chi connectivity index (χ2v) is 12.5. The summed E-state index contributed by atoms with van der Waals surface area (Å²) in [5.74, 6) is -0.0400. The highest BCUT2D eigenvalue weighted by molar-refractivity contribution is 6.00. The molecule has 2 N–H and O–H groups in total. The zero-order chi connectivity index (χ0) is 26.9. The van der Waals surface area contributed by atoms with Gasteiger partial charge in [-0.1, -0.05) is 45.4 Å². The number of aliphatic hydroxyl groups excluding tert-OH is 1. The minimum absolute atomic E-state index is 0. The molecule has 10 heteroatoms. The second kappa shape index (κ2) is 14.2. The molecule has 4 aliphatic rings. The third-order valence-electron chi connectivity index (χ3n) is 10.2. The highest BCUT2D eigenvalue weighted by Crippen LogP contribution is 2.37. The van der Waals surface area contributed by atoms with Crippen LogP contribution in [0.25, 0.3) is 0 Å². The number of likely N-dealkylation sites (tertiary alicyclic amines) is 1. The van der Waals surface area contributed by atoms with Crippen molar-refractivity contribution < 1.29 is 14.7 Å². The minimum atomic E-state index is -0.808. The largest absolute Gasteiger partial charge is 0.390 e. The van der Waals surface area contributed by atoms with Crippen LogP contribution in [0.5, 0.6) is 0 Å². The Morgan fingerprint density at radius 1 is 1.00 bits per heavy atom. The lowest BCUT2D eigenvalue weighted by molar-refractivity contribution is -0.166. The van der Waals surface area contributed by atoms with E-state index in [9.17, 15) is 14.7 Å². The summed E-state index contributed by atoms with van der Waals surface area (Å²) < 4.78 is 2.26. The summed E-state index contributed by atoms with van der Waals surface area (Å²) in [4.78, 5) is 31.9. The fourth-order valence-corrected chi connectivity index (χ4v) is 7.69. The average Bonchev–Trinajstić information content (AvgIpc) is 3.56. The molecule has 1 aromatic heterocycles. The number of carbonyl (C=O) groups is 2. The molecular weight excluding hydrogens is 549 g/mol. The van der Waals surface area contributed by atoms with Crippen molar-refractivity contribution in [2.75, 3.05) is 19.6 Å². The zero-order valence-electron chi connectivity index (χ0n) is 24.7. The van der Waals surface area contributed by atoms with Crippen LogP contribution in [0.15, 0.2) is 0 Å². The summed E-state index contributed by atoms with van der Waals surface area (Å²) in [6.07, 6.45) is 12.6. The Balaban J connectivity index is 0.00000220. The number of rotatable bonds is 8. The van der Waals surface area contributed by atoms with E-state index in [1.807, 2.05) is 4.90 Å². The van der Waals surface area contributed by atoms with Crippen molar-refractivity contribution in [3.05, 3.63) is 17.0 Å². The van der Waals surface area contributed by atoms with E-state index in [2.05, 4.69) is 35.7 Å². The summed E-state index contributed by atoms with van der Waals surface area (Å²) in [5.41, 5.74) is 2.91. The Morgan fingerprint density at radius 2 is 1.62 bits per heavy atom. The number of aliphatic hydroxyl groups is 1. The Hall–Kier alpha value is -1.35. The molecule has 0 radical (unpaired) electrons. The number of unbranched alkanes of at least 4 members (excludes halogenated alkanes) is 1. The molecule has 2 atom stereocenters. The van der Waals surface area contributed by atoms with Gasteiger partial charge in [0.15, 0.2) is 0 Å². The second-order valence-electron chi connectivity index (χ2n) is 12.5. The van der Waals surface area contributed by atoms with Gasteiger partial charge in [0.2, 0.25) is 11.8 Å². The van der Waals surface area contributed by atoms with Gasteiger partial charge < -0.3 is 15.3 Å². The maximum absolute atomic E-state index is 13.9. The van der Waals surface area contributed by atoms with Gasteiger partial charge in [-0.2, -0.15) is 5.10 Å². The molecular formula is C30H51Cl2N5O3. The molecule has 1 spiro atoms. The zero-order valence-corrected chi connectivity index (χ0v) is 26.3. The summed E-state index contributed by atoms with van der Waals surface area (Å²) in [6, 6.07) is -0.272. The molecule has 1 aromatic rings. The Morgan fingerprint density at radius 3 is 2.25 bits per heavy atom. The molecule has 2 amide bonds. The van der Waals surface area contributed by atoms with E-state index in [0.717, 1.165) is 63.9 Å². The number of aryl methyl sites for hydroxylation is 1. The maximum Gasteiger partial charge on any atom is 0.248 e. The molecule has 0 aromatic carbocycles. The third kappa shape index (κ3) is 6.35. The van der Waals surface area contributed by atoms with E-state index in [1.54, 1.807) is 0 Å². The molecule has 0 unspecified atom stereocenters. The standard InChI is InChI=1S/C30H49N5O3.2ClH/c1-4-5-17-34-28(37)26(27(36)23-11-7-6-8-12-23)31-29(38)30(34)15-18-33(19-16-30)20-25-21(2)32-35(22(25)3)24-13-9-10-14-24;;/h23-24,26-27,36H,4-20H2,1-3H3,(H,31,38);2*1H/t26-,27-;;/m1../s1. The first kappa shape index (κ1) is 33.2. The number of amides is 2. The van der Waals surface area contributed by atoms with Crippen molar-refractivity contribution in [1.82, 2.24) is 24.9 Å². The molecule has 228 valence electrons. The topological polar surface area (TPSA) is 90.7 Å². The number of piperidine rings is 1. The summed E-state index contributed by atoms with van der Waals surface area (Å²) in [5, 5.41) is 19.1. The quantitative estimate of drug-likeness (QED) is 0.445. The predicted octanol–water partition coefficient (Wildman–Crippen LogP) is 4.86. The van der Waals surface area contributed by atoms with E-state index in [4.69, 9.17) is 5.10 Å². The first-order valence-electron chi connectivity index (χ1n) is 15.4. The molecule has 2 saturated carbocycles. The number of nitrogens with zero attached hydrogens (tertiary/aromatic N) is 4. The van der Waals surface area contributed by atoms with Crippen LogP contribution in [0.3, 0.4) is 0 Å². The molecule has 2 aliphatic carbocycles. The summed E-state index contributed by atoms with van der Waals surface area (Å²) >= 11 is 0. The number of hydrogen-bond acceptors (Lipinski definition) is 5. The van der Waals surface area contributed by atoms with Gasteiger partial charge in [-0.3, -0.25) is 19.2 Å². The lowest BCUT2D eigenvalue weighted by Crippen LogP contribution is -2.75. The van der Waals surface area contributed by atoms with Crippen LogP contribution < -0.4 is 5.32 Å². The smallest absolute Gasteiger partial charge is 0.248 e. The van der Waals surface area contributed by atoms with Gasteiger partial charge in [0, 0.05) is 37.4 Å². The number of carbonyl (C=O) groups excluding carboxylic acids is 2. The highest BCUT2D eigenvalue weighted by Gasteiger charge is 2.55. The van der Waals surface area contributed by atoms with Crippen LogP contribution in [0.4, 0.5) is 0 Å². The van der Waals surface area contributed by atoms with Crippen LogP contribution in [0.2, 0.25) is 0 Å². The van der Waals surface area contributed by atoms with Crippen molar-refractivity contribution >= 4 is 36.6 Å². The molecule has 8 nitrogen and oxygen atoms in total. The molecule has 3 heterocycles. The minimum Gasteiger partial charge on any atom is -0.390 e. The van der Waals surface area contributed by atoms with Gasteiger partial charge in [-0.15, -0.1) is 24.8 Å². The number of piperazine rings is 1. The molecule has 2 aliphatic heterocycles. The Kier molecular flexibility index (Phi) is 11.8. The van der Waals surface area contributed by atoms with Crippen LogP contribution in [0, 0.1) is 19.8 Å². The van der Waals surface area contributed by atoms with E-state index in [1.165, 1.54) is 43.4 Å². The normalized spacial score (nSPS) is 25.0. The fraction of sp³-hybridized carbons (Fsp3) is 0.833. The number of hydrogen-bond donors (Lipinski definition) is 2. The summed E-state index contributed by atoms with van der Waals surface area (Å²) in [7, 11) is 0. The van der Waals surface area contributed by atoms with Crippen molar-refractivity contribution in [2.45, 2.75) is 135 Å². The molecule has 4 fully saturated rings. The van der Waals surface area contributed by atoms with Crippen molar-refractivity contribution in [1.29, 1.82) is 0 Å². The highest BCUT2D eigenvalue weighted by atomic mass is 35.5. The fourth-order valence-electron chi connectivity index (χ4n) is 7.69. The van der Waals surface area contributed by atoms with Gasteiger partial charge in [-0.05, 0) is 64.7 Å². The van der Waals surface area contributed by atoms with Crippen LogP contribution in [0.1, 0.15) is 113 Å². The number of nitrogens with one attached hydrogen (secondary N) is 1. The Bertz CT molecular complexity index is 998. The van der Waals surface area contributed by atoms with Crippen molar-refractivity contribution in [3.8, 4) is 0 Å². The van der Waals surface area contributed by atoms with E-state index >= 15 is 0 Å². The molecule has 5 rings (SSSR count). The lowest BCUT2D eigenvalue weighted by Gasteiger charge is -2.52. The van der Waals surface area contributed by atoms with E-state index in [-0.39, 0.29) is 42.5 Å². The number of aromatic nitrogens is 2. The van der Waals surface area contributed by atoms with Gasteiger partial charge in [0.25, 0.3) is 0 Å². The van der Waals surface area contributed by atoms with Crippen LogP contribution in [-0.2, 0) is 16.1 Å². The summed E-state index contributed by atoms with van der Waals surface area (Å²) in [6.45, 7) is 9.41. The van der Waals surface area contributed by atoms with Gasteiger partial charge in [0.05, 0.1) is 17.8 Å². The number of halogens is 2. The van der Waals surface area contributed by atoms with Crippen molar-refractivity contribution in [2.24, 2.45) is 5.92 Å². The monoisotopic (exact) mass is 599 g/mol. The van der Waals surface area contributed by atoms with E-state index in [0.29, 0.717) is 25.4 Å².